The average Bonchev–Trinajstić information content (AvgIpc) is 2.50. The Labute approximate surface area is 120 Å². The molecule has 0 aliphatic carbocycles. The van der Waals surface area contributed by atoms with Crippen molar-refractivity contribution in [2.45, 2.75) is 31.7 Å². The van der Waals surface area contributed by atoms with E-state index in [0.717, 1.165) is 12.0 Å². The smallest absolute Gasteiger partial charge is 0.306 e. The molecule has 0 radical (unpaired) electrons. The van der Waals surface area contributed by atoms with Crippen molar-refractivity contribution in [1.82, 2.24) is 0 Å². The molecule has 0 aliphatic rings. The summed E-state index contributed by atoms with van der Waals surface area (Å²) >= 11 is 0. The number of esters is 1. The van der Waals surface area contributed by atoms with Crippen LogP contribution in [0.2, 0.25) is 0 Å². The normalized spacial score (nSPS) is 13.4. The summed E-state index contributed by atoms with van der Waals surface area (Å²) in [5.41, 5.74) is 7.03. The quantitative estimate of drug-likeness (QED) is 0.775. The van der Waals surface area contributed by atoms with Gasteiger partial charge in [0.05, 0.1) is 27.8 Å². The summed E-state index contributed by atoms with van der Waals surface area (Å²) in [4.78, 5) is 11.6. The van der Waals surface area contributed by atoms with Crippen molar-refractivity contribution in [2.24, 2.45) is 5.73 Å². The first-order valence-corrected chi connectivity index (χ1v) is 6.61. The van der Waals surface area contributed by atoms with Gasteiger partial charge in [0.1, 0.15) is 11.5 Å². The number of hydrogen-bond donors (Lipinski definition) is 1. The van der Waals surface area contributed by atoms with Gasteiger partial charge in [-0.1, -0.05) is 6.92 Å². The van der Waals surface area contributed by atoms with Gasteiger partial charge in [0.15, 0.2) is 0 Å². The minimum atomic E-state index is -0.288. The zero-order valence-corrected chi connectivity index (χ0v) is 12.5. The Morgan fingerprint density at radius 1 is 1.25 bits per heavy atom. The Bertz CT molecular complexity index is 447. The number of benzene rings is 1. The van der Waals surface area contributed by atoms with Crippen molar-refractivity contribution >= 4 is 5.97 Å². The van der Waals surface area contributed by atoms with Crippen LogP contribution >= 0.6 is 0 Å². The summed E-state index contributed by atoms with van der Waals surface area (Å²) in [6, 6.07) is 5.34. The second kappa shape index (κ2) is 7.75. The molecule has 0 bridgehead atoms. The van der Waals surface area contributed by atoms with Gasteiger partial charge in [0.25, 0.3) is 0 Å². The summed E-state index contributed by atoms with van der Waals surface area (Å²) < 4.78 is 15.4. The molecular weight excluding hydrogens is 258 g/mol. The highest BCUT2D eigenvalue weighted by molar-refractivity contribution is 5.71. The molecule has 0 amide bonds. The van der Waals surface area contributed by atoms with Crippen LogP contribution < -0.4 is 15.2 Å². The number of ether oxygens (including phenoxy) is 3. The van der Waals surface area contributed by atoms with E-state index < -0.39 is 0 Å². The molecule has 112 valence electrons. The van der Waals surface area contributed by atoms with Gasteiger partial charge in [-0.15, -0.1) is 0 Å². The van der Waals surface area contributed by atoms with Crippen molar-refractivity contribution in [3.8, 4) is 11.5 Å². The number of carbonyl (C=O) groups is 1. The van der Waals surface area contributed by atoms with E-state index >= 15 is 0 Å². The fourth-order valence-corrected chi connectivity index (χ4v) is 2.17. The van der Waals surface area contributed by atoms with Gasteiger partial charge < -0.3 is 19.9 Å². The highest BCUT2D eigenvalue weighted by Gasteiger charge is 2.25. The van der Waals surface area contributed by atoms with Crippen LogP contribution in [0.1, 0.15) is 31.2 Å². The van der Waals surface area contributed by atoms with E-state index in [4.69, 9.17) is 19.9 Å². The molecule has 20 heavy (non-hydrogen) atoms. The van der Waals surface area contributed by atoms with Crippen LogP contribution in [-0.4, -0.2) is 33.3 Å². The average molecular weight is 281 g/mol. The number of hydrogen-bond acceptors (Lipinski definition) is 5. The first-order valence-electron chi connectivity index (χ1n) is 6.61. The van der Waals surface area contributed by atoms with Gasteiger partial charge in [-0.3, -0.25) is 4.79 Å². The molecule has 0 heterocycles. The van der Waals surface area contributed by atoms with Crippen molar-refractivity contribution in [3.63, 3.8) is 0 Å². The lowest BCUT2D eigenvalue weighted by Crippen LogP contribution is -2.30. The Morgan fingerprint density at radius 2 is 1.95 bits per heavy atom. The van der Waals surface area contributed by atoms with E-state index in [1.807, 2.05) is 25.1 Å². The van der Waals surface area contributed by atoms with Crippen LogP contribution in [0.3, 0.4) is 0 Å². The summed E-state index contributed by atoms with van der Waals surface area (Å²) in [5.74, 6) is 0.948. The summed E-state index contributed by atoms with van der Waals surface area (Å²) in [6.07, 6.45) is 0.969. The third-order valence-electron chi connectivity index (χ3n) is 3.44. The Hall–Kier alpha value is -1.75. The van der Waals surface area contributed by atoms with Crippen molar-refractivity contribution in [3.05, 3.63) is 23.8 Å². The lowest BCUT2D eigenvalue weighted by Gasteiger charge is -2.24. The van der Waals surface area contributed by atoms with E-state index in [0.29, 0.717) is 11.5 Å². The molecule has 0 fully saturated rings. The maximum Gasteiger partial charge on any atom is 0.306 e. The molecule has 0 saturated heterocycles. The predicted octanol–water partition coefficient (Wildman–Crippen LogP) is 2.09. The van der Waals surface area contributed by atoms with Gasteiger partial charge in [0, 0.05) is 17.5 Å². The molecule has 5 heteroatoms. The number of carbonyl (C=O) groups excluding carboxylic acids is 1. The molecule has 2 N–H and O–H groups in total. The fourth-order valence-electron chi connectivity index (χ4n) is 2.17. The Balaban J connectivity index is 3.19. The molecule has 2 unspecified atom stereocenters. The highest BCUT2D eigenvalue weighted by Crippen LogP contribution is 2.35. The molecule has 1 aromatic rings. The van der Waals surface area contributed by atoms with Crippen LogP contribution in [0.15, 0.2) is 18.2 Å². The fraction of sp³-hybridized carbons (Fsp3) is 0.533. The molecular formula is C15H23NO4. The minimum absolute atomic E-state index is 0.157. The standard InChI is InChI=1S/C15H23NO4/c1-5-13(16)11(9-15(17)20-4)12-8-10(18-2)6-7-14(12)19-3/h6-8,11,13H,5,9,16H2,1-4H3. The van der Waals surface area contributed by atoms with Crippen LogP contribution in [0, 0.1) is 0 Å². The van der Waals surface area contributed by atoms with Crippen LogP contribution in [-0.2, 0) is 9.53 Å². The first-order chi connectivity index (χ1) is 9.57. The molecule has 1 aromatic carbocycles. The molecule has 5 nitrogen and oxygen atoms in total. The number of rotatable bonds is 7. The third-order valence-corrected chi connectivity index (χ3v) is 3.44. The second-order valence-corrected chi connectivity index (χ2v) is 4.57. The van der Waals surface area contributed by atoms with E-state index in [2.05, 4.69) is 0 Å². The zero-order valence-electron chi connectivity index (χ0n) is 12.5. The third kappa shape index (κ3) is 3.87. The van der Waals surface area contributed by atoms with Gasteiger partial charge >= 0.3 is 5.97 Å². The lowest BCUT2D eigenvalue weighted by molar-refractivity contribution is -0.141. The van der Waals surface area contributed by atoms with E-state index in [1.54, 1.807) is 14.2 Å². The number of nitrogens with two attached hydrogens (primary N) is 1. The number of methoxy groups -OCH3 is 3. The van der Waals surface area contributed by atoms with Gasteiger partial charge in [-0.2, -0.15) is 0 Å². The monoisotopic (exact) mass is 281 g/mol. The molecule has 0 saturated carbocycles. The van der Waals surface area contributed by atoms with Gasteiger partial charge in [-0.05, 0) is 24.6 Å². The van der Waals surface area contributed by atoms with Crippen molar-refractivity contribution < 1.29 is 19.0 Å². The topological polar surface area (TPSA) is 70.8 Å². The summed E-state index contributed by atoms with van der Waals surface area (Å²) in [7, 11) is 4.57. The largest absolute Gasteiger partial charge is 0.497 e. The van der Waals surface area contributed by atoms with E-state index in [-0.39, 0.29) is 24.3 Å². The summed E-state index contributed by atoms with van der Waals surface area (Å²) in [6.45, 7) is 1.99. The molecule has 0 aromatic heterocycles. The molecule has 0 aliphatic heterocycles. The Morgan fingerprint density at radius 3 is 2.45 bits per heavy atom. The SMILES string of the molecule is CCC(N)C(CC(=O)OC)c1cc(OC)ccc1OC. The second-order valence-electron chi connectivity index (χ2n) is 4.57. The van der Waals surface area contributed by atoms with E-state index in [1.165, 1.54) is 7.11 Å². The lowest BCUT2D eigenvalue weighted by atomic mass is 9.87. The molecule has 1 rings (SSSR count). The Kier molecular flexibility index (Phi) is 6.31. The van der Waals surface area contributed by atoms with Crippen LogP contribution in [0.4, 0.5) is 0 Å². The first kappa shape index (κ1) is 16.3. The van der Waals surface area contributed by atoms with Gasteiger partial charge in [-0.25, -0.2) is 0 Å². The zero-order chi connectivity index (χ0) is 15.1. The molecule has 0 spiro atoms. The maximum absolute atomic E-state index is 11.6. The molecule has 2 atom stereocenters. The van der Waals surface area contributed by atoms with Gasteiger partial charge in [0.2, 0.25) is 0 Å². The maximum atomic E-state index is 11.6. The highest BCUT2D eigenvalue weighted by atomic mass is 16.5. The predicted molar refractivity (Wildman–Crippen MR) is 77.2 cm³/mol. The summed E-state index contributed by atoms with van der Waals surface area (Å²) in [5, 5.41) is 0. The van der Waals surface area contributed by atoms with Crippen LogP contribution in [0.25, 0.3) is 0 Å². The van der Waals surface area contributed by atoms with Crippen LogP contribution in [0.5, 0.6) is 11.5 Å². The minimum Gasteiger partial charge on any atom is -0.497 e. The van der Waals surface area contributed by atoms with Crippen molar-refractivity contribution in [1.29, 1.82) is 0 Å². The van der Waals surface area contributed by atoms with E-state index in [9.17, 15) is 4.79 Å². The van der Waals surface area contributed by atoms with Crippen molar-refractivity contribution in [2.75, 3.05) is 21.3 Å².